The van der Waals surface area contributed by atoms with Crippen LogP contribution >= 0.6 is 0 Å². The smallest absolute Gasteiger partial charge is 0.261 e. The lowest BCUT2D eigenvalue weighted by Crippen LogP contribution is -2.37. The molecule has 0 saturated carbocycles. The van der Waals surface area contributed by atoms with Crippen molar-refractivity contribution in [3.05, 3.63) is 54.1 Å². The molecule has 2 aromatic carbocycles. The van der Waals surface area contributed by atoms with E-state index >= 15 is 0 Å². The zero-order valence-corrected chi connectivity index (χ0v) is 20.8. The predicted molar refractivity (Wildman–Crippen MR) is 133 cm³/mol. The summed E-state index contributed by atoms with van der Waals surface area (Å²) in [5.74, 6) is 1.06. The minimum absolute atomic E-state index is 0.177. The van der Waals surface area contributed by atoms with Gasteiger partial charge in [0.05, 0.1) is 11.9 Å². The minimum Gasteiger partial charge on any atom is -0.481 e. The van der Waals surface area contributed by atoms with Crippen molar-refractivity contribution in [3.63, 3.8) is 0 Å². The maximum atomic E-state index is 12.7. The molecule has 0 radical (unpaired) electrons. The lowest BCUT2D eigenvalue weighted by Gasteiger charge is -2.32. The zero-order valence-electron chi connectivity index (χ0n) is 20.0. The number of piperidine rings is 1. The number of nitrogens with one attached hydrogen (secondary N) is 1. The van der Waals surface area contributed by atoms with Gasteiger partial charge in [-0.1, -0.05) is 26.0 Å². The lowest BCUT2D eigenvalue weighted by molar-refractivity contribution is -0.128. The summed E-state index contributed by atoms with van der Waals surface area (Å²) in [4.78, 5) is 15.1. The Morgan fingerprint density at radius 2 is 1.85 bits per heavy atom. The summed E-state index contributed by atoms with van der Waals surface area (Å²) in [6, 6.07) is 15.0. The molecule has 3 rings (SSSR count). The van der Waals surface area contributed by atoms with Crippen LogP contribution in [0, 0.1) is 5.92 Å². The summed E-state index contributed by atoms with van der Waals surface area (Å²) in [5, 5.41) is 2.96. The predicted octanol–water partition coefficient (Wildman–Crippen LogP) is 3.79. The summed E-state index contributed by atoms with van der Waals surface area (Å²) in [7, 11) is -1.84. The topological polar surface area (TPSA) is 78.9 Å². The van der Waals surface area contributed by atoms with Gasteiger partial charge in [-0.05, 0) is 67.1 Å². The molecule has 1 amide bonds. The Hall–Kier alpha value is -2.74. The van der Waals surface area contributed by atoms with Crippen LogP contribution in [0.5, 0.6) is 5.75 Å². The van der Waals surface area contributed by atoms with Crippen LogP contribution in [-0.4, -0.2) is 46.8 Å². The third-order valence-electron chi connectivity index (χ3n) is 6.06. The number of hydrogen-bond acceptors (Lipinski definition) is 5. The molecule has 7 nitrogen and oxygen atoms in total. The molecule has 1 aliphatic rings. The van der Waals surface area contributed by atoms with Crippen LogP contribution in [0.25, 0.3) is 0 Å². The molecule has 2 atom stereocenters. The number of amides is 1. The highest BCUT2D eigenvalue weighted by Gasteiger charge is 2.19. The van der Waals surface area contributed by atoms with E-state index in [0.29, 0.717) is 24.4 Å². The molecular weight excluding hydrogens is 438 g/mol. The maximum Gasteiger partial charge on any atom is 0.261 e. The first-order valence-electron chi connectivity index (χ1n) is 11.5. The molecule has 1 heterocycles. The minimum atomic E-state index is -3.33. The number of hydrogen-bond donors (Lipinski definition) is 1. The molecule has 1 fully saturated rings. The van der Waals surface area contributed by atoms with Crippen LogP contribution in [0.2, 0.25) is 0 Å². The van der Waals surface area contributed by atoms with E-state index in [1.807, 2.05) is 6.92 Å². The lowest BCUT2D eigenvalue weighted by atomic mass is 9.99. The Morgan fingerprint density at radius 1 is 1.18 bits per heavy atom. The van der Waals surface area contributed by atoms with E-state index in [1.165, 1.54) is 29.9 Å². The molecule has 8 heteroatoms. The Kier molecular flexibility index (Phi) is 8.24. The van der Waals surface area contributed by atoms with Gasteiger partial charge in [0.2, 0.25) is 10.0 Å². The average Bonchev–Trinajstić information content (AvgIpc) is 2.80. The summed E-state index contributed by atoms with van der Waals surface area (Å²) in [6.45, 7) is 6.82. The van der Waals surface area contributed by atoms with Crippen molar-refractivity contribution in [2.24, 2.45) is 5.92 Å². The second kappa shape index (κ2) is 10.9. The molecule has 0 aliphatic carbocycles. The van der Waals surface area contributed by atoms with Crippen LogP contribution in [0.4, 0.5) is 11.4 Å². The van der Waals surface area contributed by atoms with Gasteiger partial charge in [-0.15, -0.1) is 0 Å². The average molecular weight is 474 g/mol. The molecule has 2 aromatic rings. The zero-order chi connectivity index (χ0) is 24.0. The van der Waals surface area contributed by atoms with Gasteiger partial charge in [-0.25, -0.2) is 8.42 Å². The van der Waals surface area contributed by atoms with E-state index < -0.39 is 16.1 Å². The van der Waals surface area contributed by atoms with E-state index in [-0.39, 0.29) is 5.91 Å². The SMILES string of the molecule is CC[C@@H](Oc1ccc(N(C)S(C)(=O)=O)cc1)C(=O)NCc1ccc(N2CCC[C@@H](C)C2)cc1. The van der Waals surface area contributed by atoms with E-state index in [2.05, 4.69) is 41.4 Å². The number of anilines is 2. The fraction of sp³-hybridized carbons (Fsp3) is 0.480. The summed E-state index contributed by atoms with van der Waals surface area (Å²) in [6.07, 6.45) is 3.56. The summed E-state index contributed by atoms with van der Waals surface area (Å²) < 4.78 is 30.4. The van der Waals surface area contributed by atoms with Crippen molar-refractivity contribution in [1.82, 2.24) is 5.32 Å². The fourth-order valence-electron chi connectivity index (χ4n) is 3.96. The maximum absolute atomic E-state index is 12.7. The van der Waals surface area contributed by atoms with Gasteiger partial charge in [0.25, 0.3) is 5.91 Å². The molecular formula is C25H35N3O4S. The van der Waals surface area contributed by atoms with Crippen LogP contribution in [0.15, 0.2) is 48.5 Å². The number of benzene rings is 2. The molecule has 180 valence electrons. The van der Waals surface area contributed by atoms with Gasteiger partial charge in [0.1, 0.15) is 5.75 Å². The molecule has 33 heavy (non-hydrogen) atoms. The normalized spacial score (nSPS) is 17.3. The van der Waals surface area contributed by atoms with Gasteiger partial charge in [0.15, 0.2) is 6.10 Å². The van der Waals surface area contributed by atoms with Crippen LogP contribution < -0.4 is 19.3 Å². The molecule has 0 bridgehead atoms. The first-order valence-corrected chi connectivity index (χ1v) is 13.3. The van der Waals surface area contributed by atoms with E-state index in [9.17, 15) is 13.2 Å². The molecule has 0 aromatic heterocycles. The van der Waals surface area contributed by atoms with Crippen molar-refractivity contribution in [3.8, 4) is 5.75 Å². The van der Waals surface area contributed by atoms with E-state index in [0.717, 1.165) is 30.8 Å². The number of sulfonamides is 1. The van der Waals surface area contributed by atoms with Gasteiger partial charge in [-0.2, -0.15) is 0 Å². The Morgan fingerprint density at radius 3 is 2.42 bits per heavy atom. The van der Waals surface area contributed by atoms with Crippen LogP contribution in [-0.2, 0) is 21.4 Å². The van der Waals surface area contributed by atoms with E-state index in [1.54, 1.807) is 24.3 Å². The molecule has 0 spiro atoms. The quantitative estimate of drug-likeness (QED) is 0.599. The standard InChI is InChI=1S/C25H35N3O4S/c1-5-24(32-23-14-12-21(13-15-23)27(3)33(4,30)31)25(29)26-17-20-8-10-22(11-9-20)28-16-6-7-19(2)18-28/h8-15,19,24H,5-7,16-18H2,1-4H3,(H,26,29)/t19-,24-/m1/s1. The fourth-order valence-corrected chi connectivity index (χ4v) is 4.47. The second-order valence-corrected chi connectivity index (χ2v) is 10.8. The molecule has 1 N–H and O–H groups in total. The van der Waals surface area contributed by atoms with Crippen LogP contribution in [0.3, 0.4) is 0 Å². The first-order chi connectivity index (χ1) is 15.7. The Balaban J connectivity index is 1.53. The number of rotatable bonds is 9. The summed E-state index contributed by atoms with van der Waals surface area (Å²) in [5.41, 5.74) is 2.81. The Bertz CT molecular complexity index is 1020. The van der Waals surface area contributed by atoms with Crippen molar-refractivity contribution >= 4 is 27.3 Å². The monoisotopic (exact) mass is 473 g/mol. The highest BCUT2D eigenvalue weighted by Crippen LogP contribution is 2.24. The third-order valence-corrected chi connectivity index (χ3v) is 7.27. The van der Waals surface area contributed by atoms with Gasteiger partial charge in [0, 0.05) is 32.4 Å². The van der Waals surface area contributed by atoms with Crippen LogP contribution in [0.1, 0.15) is 38.7 Å². The largest absolute Gasteiger partial charge is 0.481 e. The number of nitrogens with zero attached hydrogens (tertiary/aromatic N) is 2. The Labute approximate surface area is 197 Å². The summed E-state index contributed by atoms with van der Waals surface area (Å²) >= 11 is 0. The van der Waals surface area contributed by atoms with Gasteiger partial charge >= 0.3 is 0 Å². The second-order valence-electron chi connectivity index (χ2n) is 8.82. The molecule has 0 unspecified atom stereocenters. The third kappa shape index (κ3) is 6.87. The number of carbonyl (C=O) groups excluding carboxylic acids is 1. The van der Waals surface area contributed by atoms with Crippen molar-refractivity contribution in [2.75, 3.05) is 35.6 Å². The van der Waals surface area contributed by atoms with Crippen molar-refractivity contribution in [2.45, 2.75) is 45.8 Å². The van der Waals surface area contributed by atoms with Gasteiger partial charge < -0.3 is 15.0 Å². The first kappa shape index (κ1) is 24.9. The van der Waals surface area contributed by atoms with E-state index in [4.69, 9.17) is 4.74 Å². The van der Waals surface area contributed by atoms with Crippen molar-refractivity contribution < 1.29 is 17.9 Å². The highest BCUT2D eigenvalue weighted by molar-refractivity contribution is 7.92. The van der Waals surface area contributed by atoms with Crippen molar-refractivity contribution in [1.29, 1.82) is 0 Å². The van der Waals surface area contributed by atoms with Gasteiger partial charge in [-0.3, -0.25) is 9.10 Å². The highest BCUT2D eigenvalue weighted by atomic mass is 32.2. The molecule has 1 aliphatic heterocycles. The molecule has 1 saturated heterocycles. The number of ether oxygens (including phenoxy) is 1. The number of carbonyl (C=O) groups is 1.